The number of H-pyrrole nitrogens is 1. The van der Waals surface area contributed by atoms with Crippen LogP contribution in [0, 0.1) is 6.92 Å². The van der Waals surface area contributed by atoms with Gasteiger partial charge in [-0.2, -0.15) is 0 Å². The molecule has 0 aromatic carbocycles. The summed E-state index contributed by atoms with van der Waals surface area (Å²) in [6, 6.07) is 1.38. The van der Waals surface area contributed by atoms with E-state index in [1.807, 2.05) is 0 Å². The van der Waals surface area contributed by atoms with E-state index in [1.165, 1.54) is 18.5 Å². The zero-order valence-electron chi connectivity index (χ0n) is 8.85. The summed E-state index contributed by atoms with van der Waals surface area (Å²) in [5.74, 6) is -1.64. The number of nitrogens with zero attached hydrogens (tertiary/aromatic N) is 1. The van der Waals surface area contributed by atoms with Crippen LogP contribution in [-0.2, 0) is 0 Å². The number of carbonyl (C=O) groups excluding carboxylic acids is 1. The summed E-state index contributed by atoms with van der Waals surface area (Å²) in [7, 11) is 0. The summed E-state index contributed by atoms with van der Waals surface area (Å²) in [6.07, 6.45) is 2.67. The van der Waals surface area contributed by atoms with Crippen LogP contribution in [-0.4, -0.2) is 27.1 Å². The Kier molecular flexibility index (Phi) is 2.65. The molecule has 2 heterocycles. The number of aromatic nitrogens is 2. The fourth-order valence-electron chi connectivity index (χ4n) is 1.42. The molecule has 2 rings (SSSR count). The number of rotatable bonds is 3. The molecular weight excluding hydrogens is 226 g/mol. The zero-order valence-corrected chi connectivity index (χ0v) is 8.85. The van der Waals surface area contributed by atoms with E-state index in [0.717, 1.165) is 0 Å². The van der Waals surface area contributed by atoms with Crippen molar-refractivity contribution < 1.29 is 19.2 Å². The molecule has 0 aliphatic heterocycles. The first kappa shape index (κ1) is 10.9. The van der Waals surface area contributed by atoms with Crippen molar-refractivity contribution in [2.75, 3.05) is 5.32 Å². The number of carboxylic acid groups (broad SMARTS) is 1. The van der Waals surface area contributed by atoms with Crippen LogP contribution in [0.5, 0.6) is 0 Å². The van der Waals surface area contributed by atoms with E-state index in [2.05, 4.69) is 20.0 Å². The Hall–Kier alpha value is -2.57. The summed E-state index contributed by atoms with van der Waals surface area (Å²) in [5, 5.41) is 14.9. The molecule has 0 fully saturated rings. The van der Waals surface area contributed by atoms with Crippen LogP contribution in [0.25, 0.3) is 0 Å². The lowest BCUT2D eigenvalue weighted by Crippen LogP contribution is -2.14. The van der Waals surface area contributed by atoms with Crippen LogP contribution in [0.1, 0.15) is 26.5 Å². The SMILES string of the molecule is Cc1[nH]cc(NC(=O)c2ccon2)c1C(=O)O. The first-order chi connectivity index (χ1) is 8.09. The van der Waals surface area contributed by atoms with Gasteiger partial charge in [-0.05, 0) is 6.92 Å². The Morgan fingerprint density at radius 3 is 2.88 bits per heavy atom. The van der Waals surface area contributed by atoms with Crippen molar-refractivity contribution in [3.05, 3.63) is 35.5 Å². The normalized spacial score (nSPS) is 10.2. The Labute approximate surface area is 95.4 Å². The molecule has 0 saturated carbocycles. The van der Waals surface area contributed by atoms with E-state index < -0.39 is 11.9 Å². The molecule has 1 amide bonds. The molecule has 0 saturated heterocycles. The van der Waals surface area contributed by atoms with Crippen LogP contribution in [0.2, 0.25) is 0 Å². The molecule has 0 atom stereocenters. The number of aromatic carboxylic acids is 1. The van der Waals surface area contributed by atoms with E-state index >= 15 is 0 Å². The number of aromatic amines is 1. The first-order valence-electron chi connectivity index (χ1n) is 4.72. The zero-order chi connectivity index (χ0) is 12.4. The van der Waals surface area contributed by atoms with E-state index in [-0.39, 0.29) is 16.9 Å². The maximum atomic E-state index is 11.6. The lowest BCUT2D eigenvalue weighted by Gasteiger charge is -2.01. The molecule has 17 heavy (non-hydrogen) atoms. The first-order valence-corrected chi connectivity index (χ1v) is 4.72. The van der Waals surface area contributed by atoms with Crippen LogP contribution in [0.3, 0.4) is 0 Å². The number of hydrogen-bond donors (Lipinski definition) is 3. The van der Waals surface area contributed by atoms with Crippen LogP contribution < -0.4 is 5.32 Å². The van der Waals surface area contributed by atoms with Crippen molar-refractivity contribution in [3.8, 4) is 0 Å². The molecule has 0 radical (unpaired) electrons. The van der Waals surface area contributed by atoms with Gasteiger partial charge in [0.05, 0.1) is 5.69 Å². The van der Waals surface area contributed by atoms with Gasteiger partial charge in [-0.15, -0.1) is 0 Å². The van der Waals surface area contributed by atoms with Gasteiger partial charge in [-0.25, -0.2) is 4.79 Å². The molecule has 3 N–H and O–H groups in total. The maximum Gasteiger partial charge on any atom is 0.339 e. The topological polar surface area (TPSA) is 108 Å². The van der Waals surface area contributed by atoms with Gasteiger partial charge in [0.2, 0.25) is 0 Å². The Morgan fingerprint density at radius 1 is 1.53 bits per heavy atom. The van der Waals surface area contributed by atoms with Gasteiger partial charge < -0.3 is 19.9 Å². The molecule has 0 spiro atoms. The second-order valence-corrected chi connectivity index (χ2v) is 3.35. The van der Waals surface area contributed by atoms with Gasteiger partial charge in [-0.3, -0.25) is 4.79 Å². The van der Waals surface area contributed by atoms with Crippen molar-refractivity contribution in [2.24, 2.45) is 0 Å². The molecule has 0 unspecified atom stereocenters. The lowest BCUT2D eigenvalue weighted by molar-refractivity contribution is 0.0697. The number of hydrogen-bond acceptors (Lipinski definition) is 4. The average molecular weight is 235 g/mol. The lowest BCUT2D eigenvalue weighted by atomic mass is 10.2. The van der Waals surface area contributed by atoms with Crippen molar-refractivity contribution in [3.63, 3.8) is 0 Å². The molecule has 0 aliphatic rings. The third kappa shape index (κ3) is 2.03. The summed E-state index contributed by atoms with van der Waals surface area (Å²) >= 11 is 0. The Balaban J connectivity index is 2.25. The predicted molar refractivity (Wildman–Crippen MR) is 56.9 cm³/mol. The summed E-state index contributed by atoms with van der Waals surface area (Å²) < 4.78 is 4.52. The smallest absolute Gasteiger partial charge is 0.339 e. The van der Waals surface area contributed by atoms with Gasteiger partial charge in [0, 0.05) is 18.0 Å². The highest BCUT2D eigenvalue weighted by Gasteiger charge is 2.18. The minimum Gasteiger partial charge on any atom is -0.478 e. The number of carboxylic acids is 1. The van der Waals surface area contributed by atoms with E-state index in [0.29, 0.717) is 5.69 Å². The Bertz CT molecular complexity index is 556. The van der Waals surface area contributed by atoms with Gasteiger partial charge in [-0.1, -0.05) is 5.16 Å². The molecule has 88 valence electrons. The van der Waals surface area contributed by atoms with E-state index in [4.69, 9.17) is 5.11 Å². The van der Waals surface area contributed by atoms with E-state index in [1.54, 1.807) is 6.92 Å². The molecule has 7 heteroatoms. The van der Waals surface area contributed by atoms with Crippen molar-refractivity contribution in [1.29, 1.82) is 0 Å². The van der Waals surface area contributed by atoms with Crippen LogP contribution in [0.4, 0.5) is 5.69 Å². The number of nitrogens with one attached hydrogen (secondary N) is 2. The highest BCUT2D eigenvalue weighted by Crippen LogP contribution is 2.19. The molecule has 2 aromatic heterocycles. The standard InChI is InChI=1S/C10H9N3O4/c1-5-8(10(15)16)7(4-11-5)12-9(14)6-2-3-17-13-6/h2-4,11H,1H3,(H,12,14)(H,15,16). The van der Waals surface area contributed by atoms with Gasteiger partial charge in [0.15, 0.2) is 5.69 Å². The largest absolute Gasteiger partial charge is 0.478 e. The molecule has 7 nitrogen and oxygen atoms in total. The third-order valence-corrected chi connectivity index (χ3v) is 2.21. The van der Waals surface area contributed by atoms with Gasteiger partial charge in [0.1, 0.15) is 11.8 Å². The number of anilines is 1. The van der Waals surface area contributed by atoms with Gasteiger partial charge >= 0.3 is 5.97 Å². The molecular formula is C10H9N3O4. The highest BCUT2D eigenvalue weighted by atomic mass is 16.5. The summed E-state index contributed by atoms with van der Waals surface area (Å²) in [6.45, 7) is 1.61. The third-order valence-electron chi connectivity index (χ3n) is 2.21. The maximum absolute atomic E-state index is 11.6. The summed E-state index contributed by atoms with van der Waals surface area (Å²) in [4.78, 5) is 25.3. The number of aryl methyl sites for hydroxylation is 1. The highest BCUT2D eigenvalue weighted by molar-refractivity contribution is 6.07. The Morgan fingerprint density at radius 2 is 2.29 bits per heavy atom. The van der Waals surface area contributed by atoms with Crippen LogP contribution in [0.15, 0.2) is 23.0 Å². The van der Waals surface area contributed by atoms with E-state index in [9.17, 15) is 9.59 Å². The summed E-state index contributed by atoms with van der Waals surface area (Å²) in [5.41, 5.74) is 0.776. The van der Waals surface area contributed by atoms with Crippen molar-refractivity contribution in [2.45, 2.75) is 6.92 Å². The number of amides is 1. The average Bonchev–Trinajstić information content (AvgIpc) is 2.87. The fourth-order valence-corrected chi connectivity index (χ4v) is 1.42. The minimum absolute atomic E-state index is 0.0295. The van der Waals surface area contributed by atoms with Crippen LogP contribution >= 0.6 is 0 Å². The van der Waals surface area contributed by atoms with Crippen molar-refractivity contribution >= 4 is 17.6 Å². The number of carbonyl (C=O) groups is 2. The minimum atomic E-state index is -1.11. The molecule has 0 bridgehead atoms. The molecule has 0 aliphatic carbocycles. The fraction of sp³-hybridized carbons (Fsp3) is 0.100. The second kappa shape index (κ2) is 4.12. The second-order valence-electron chi connectivity index (χ2n) is 3.35. The molecule has 2 aromatic rings. The quantitative estimate of drug-likeness (QED) is 0.742. The predicted octanol–water partition coefficient (Wildman–Crippen LogP) is 1.26. The monoisotopic (exact) mass is 235 g/mol. The van der Waals surface area contributed by atoms with Gasteiger partial charge in [0.25, 0.3) is 5.91 Å². The van der Waals surface area contributed by atoms with Crippen molar-refractivity contribution in [1.82, 2.24) is 10.1 Å².